The number of carbonyl (C=O) groups excluding carboxylic acids is 1. The maximum atomic E-state index is 12.6. The predicted octanol–water partition coefficient (Wildman–Crippen LogP) is 5.09. The van der Waals surface area contributed by atoms with Crippen LogP contribution in [-0.4, -0.2) is 17.0 Å². The second kappa shape index (κ2) is 7.32. The second-order valence-corrected chi connectivity index (χ2v) is 6.03. The first-order valence-corrected chi connectivity index (χ1v) is 7.73. The van der Waals surface area contributed by atoms with Gasteiger partial charge in [0.25, 0.3) is 0 Å². The smallest absolute Gasteiger partial charge is 0.318 e. The average Bonchev–Trinajstić information content (AvgIpc) is 2.49. The Bertz CT molecular complexity index is 641. The molecule has 0 aliphatic heterocycles. The maximum Gasteiger partial charge on any atom is 0.322 e. The molecule has 2 rings (SSSR count). The van der Waals surface area contributed by atoms with Crippen molar-refractivity contribution >= 4 is 23.3 Å². The van der Waals surface area contributed by atoms with Crippen LogP contribution in [0, 0.1) is 6.92 Å². The summed E-state index contributed by atoms with van der Waals surface area (Å²) in [6, 6.07) is 15.4. The van der Waals surface area contributed by atoms with Gasteiger partial charge >= 0.3 is 6.03 Å². The van der Waals surface area contributed by atoms with Crippen molar-refractivity contribution in [1.29, 1.82) is 0 Å². The molecule has 2 amide bonds. The van der Waals surface area contributed by atoms with Crippen LogP contribution in [0.2, 0.25) is 5.02 Å². The average molecular weight is 317 g/mol. The molecule has 1 N–H and O–H groups in total. The summed E-state index contributed by atoms with van der Waals surface area (Å²) in [6.45, 7) is 6.54. The second-order valence-electron chi connectivity index (χ2n) is 5.60. The van der Waals surface area contributed by atoms with Crippen molar-refractivity contribution in [2.45, 2.75) is 33.4 Å². The molecule has 0 aromatic heterocycles. The highest BCUT2D eigenvalue weighted by atomic mass is 35.5. The first kappa shape index (κ1) is 16.4. The number of carbonyl (C=O) groups is 1. The molecule has 0 bridgehead atoms. The molecule has 0 fully saturated rings. The zero-order valence-corrected chi connectivity index (χ0v) is 13.9. The molecule has 0 saturated heterocycles. The van der Waals surface area contributed by atoms with Crippen LogP contribution < -0.4 is 5.32 Å². The summed E-state index contributed by atoms with van der Waals surface area (Å²) in [5, 5.41) is 3.57. The molecule has 0 spiro atoms. The van der Waals surface area contributed by atoms with Gasteiger partial charge in [-0.2, -0.15) is 0 Å². The highest BCUT2D eigenvalue weighted by molar-refractivity contribution is 6.31. The number of rotatable bonds is 4. The Hall–Kier alpha value is -2.00. The monoisotopic (exact) mass is 316 g/mol. The number of nitrogens with zero attached hydrogens (tertiary/aromatic N) is 1. The van der Waals surface area contributed by atoms with Crippen molar-refractivity contribution in [3.63, 3.8) is 0 Å². The van der Waals surface area contributed by atoms with Crippen LogP contribution in [0.5, 0.6) is 0 Å². The fourth-order valence-electron chi connectivity index (χ4n) is 2.18. The lowest BCUT2D eigenvalue weighted by Crippen LogP contribution is -2.39. The fourth-order valence-corrected chi connectivity index (χ4v) is 2.36. The number of amides is 2. The summed E-state index contributed by atoms with van der Waals surface area (Å²) < 4.78 is 0. The molecule has 0 saturated carbocycles. The van der Waals surface area contributed by atoms with Gasteiger partial charge in [-0.3, -0.25) is 0 Å². The number of aryl methyl sites for hydroxylation is 1. The molecule has 0 aliphatic carbocycles. The third-order valence-electron chi connectivity index (χ3n) is 3.52. The summed E-state index contributed by atoms with van der Waals surface area (Å²) in [7, 11) is 0. The molecular weight excluding hydrogens is 296 g/mol. The fraction of sp³-hybridized carbons (Fsp3) is 0.278. The van der Waals surface area contributed by atoms with Gasteiger partial charge in [0.15, 0.2) is 0 Å². The standard InChI is InChI=1S/C18H21ClN2O/c1-13(2)21(12-15-7-5-4-6-8-15)18(22)20-17-11-16(19)10-9-14(17)3/h4-11,13H,12H2,1-3H3,(H,20,22). The van der Waals surface area contributed by atoms with Crippen LogP contribution >= 0.6 is 11.6 Å². The molecule has 2 aromatic carbocycles. The number of hydrogen-bond donors (Lipinski definition) is 1. The molecule has 2 aromatic rings. The van der Waals surface area contributed by atoms with Gasteiger partial charge in [0, 0.05) is 23.3 Å². The predicted molar refractivity (Wildman–Crippen MR) is 92.3 cm³/mol. The quantitative estimate of drug-likeness (QED) is 0.837. The minimum Gasteiger partial charge on any atom is -0.318 e. The molecule has 22 heavy (non-hydrogen) atoms. The molecule has 0 heterocycles. The third-order valence-corrected chi connectivity index (χ3v) is 3.76. The Morgan fingerprint density at radius 3 is 2.50 bits per heavy atom. The molecule has 0 unspecified atom stereocenters. The first-order valence-electron chi connectivity index (χ1n) is 7.35. The number of hydrogen-bond acceptors (Lipinski definition) is 1. The van der Waals surface area contributed by atoms with Crippen LogP contribution in [0.25, 0.3) is 0 Å². The molecule has 0 atom stereocenters. The Morgan fingerprint density at radius 2 is 1.86 bits per heavy atom. The largest absolute Gasteiger partial charge is 0.322 e. The first-order chi connectivity index (χ1) is 10.5. The van der Waals surface area contributed by atoms with Crippen molar-refractivity contribution in [1.82, 2.24) is 4.90 Å². The molecule has 4 heteroatoms. The lowest BCUT2D eigenvalue weighted by Gasteiger charge is -2.27. The van der Waals surface area contributed by atoms with E-state index in [1.165, 1.54) is 0 Å². The minimum atomic E-state index is -0.121. The molecule has 116 valence electrons. The number of anilines is 1. The van der Waals surface area contributed by atoms with Crippen LogP contribution in [0.15, 0.2) is 48.5 Å². The van der Waals surface area contributed by atoms with Crippen molar-refractivity contribution in [3.05, 3.63) is 64.7 Å². The maximum absolute atomic E-state index is 12.6. The van der Waals surface area contributed by atoms with Gasteiger partial charge in [-0.25, -0.2) is 4.79 Å². The van der Waals surface area contributed by atoms with E-state index in [2.05, 4.69) is 5.32 Å². The number of urea groups is 1. The van der Waals surface area contributed by atoms with Crippen molar-refractivity contribution in [2.24, 2.45) is 0 Å². The summed E-state index contributed by atoms with van der Waals surface area (Å²) >= 11 is 6.01. The van der Waals surface area contributed by atoms with E-state index in [0.717, 1.165) is 16.8 Å². The SMILES string of the molecule is Cc1ccc(Cl)cc1NC(=O)N(Cc1ccccc1)C(C)C. The van der Waals surface area contributed by atoms with Gasteiger partial charge in [-0.15, -0.1) is 0 Å². The normalized spacial score (nSPS) is 10.6. The van der Waals surface area contributed by atoms with Crippen molar-refractivity contribution < 1.29 is 4.79 Å². The topological polar surface area (TPSA) is 32.3 Å². The zero-order valence-electron chi connectivity index (χ0n) is 13.1. The molecule has 3 nitrogen and oxygen atoms in total. The Labute approximate surface area is 136 Å². The van der Waals surface area contributed by atoms with E-state index in [1.54, 1.807) is 11.0 Å². The van der Waals surface area contributed by atoms with Crippen LogP contribution in [0.1, 0.15) is 25.0 Å². The lowest BCUT2D eigenvalue weighted by molar-refractivity contribution is 0.193. The van der Waals surface area contributed by atoms with Gasteiger partial charge in [-0.05, 0) is 44.0 Å². The zero-order chi connectivity index (χ0) is 16.1. The van der Waals surface area contributed by atoms with E-state index < -0.39 is 0 Å². The van der Waals surface area contributed by atoms with Crippen molar-refractivity contribution in [3.8, 4) is 0 Å². The van der Waals surface area contributed by atoms with E-state index in [4.69, 9.17) is 11.6 Å². The summed E-state index contributed by atoms with van der Waals surface area (Å²) in [6.07, 6.45) is 0. The van der Waals surface area contributed by atoms with Gasteiger partial charge in [0.1, 0.15) is 0 Å². The molecular formula is C18H21ClN2O. The highest BCUT2D eigenvalue weighted by Crippen LogP contribution is 2.21. The Morgan fingerprint density at radius 1 is 1.18 bits per heavy atom. The van der Waals surface area contributed by atoms with E-state index in [9.17, 15) is 4.79 Å². The van der Waals surface area contributed by atoms with E-state index in [-0.39, 0.29) is 12.1 Å². The lowest BCUT2D eigenvalue weighted by atomic mass is 10.2. The number of nitrogens with one attached hydrogen (secondary N) is 1. The van der Waals surface area contributed by atoms with Crippen LogP contribution in [0.3, 0.4) is 0 Å². The highest BCUT2D eigenvalue weighted by Gasteiger charge is 2.18. The van der Waals surface area contributed by atoms with E-state index in [0.29, 0.717) is 11.6 Å². The van der Waals surface area contributed by atoms with Gasteiger partial charge in [0.2, 0.25) is 0 Å². The molecule has 0 radical (unpaired) electrons. The summed E-state index contributed by atoms with van der Waals surface area (Å²) in [5.74, 6) is 0. The number of benzene rings is 2. The van der Waals surface area contributed by atoms with Crippen molar-refractivity contribution in [2.75, 3.05) is 5.32 Å². The number of halogens is 1. The Kier molecular flexibility index (Phi) is 5.45. The van der Waals surface area contributed by atoms with E-state index >= 15 is 0 Å². The van der Waals surface area contributed by atoms with E-state index in [1.807, 2.05) is 63.2 Å². The van der Waals surface area contributed by atoms with Crippen LogP contribution in [0.4, 0.5) is 10.5 Å². The Balaban J connectivity index is 2.15. The van der Waals surface area contributed by atoms with Crippen LogP contribution in [-0.2, 0) is 6.54 Å². The summed E-state index contributed by atoms with van der Waals surface area (Å²) in [4.78, 5) is 14.4. The summed E-state index contributed by atoms with van der Waals surface area (Å²) in [5.41, 5.74) is 2.84. The third kappa shape index (κ3) is 4.25. The van der Waals surface area contributed by atoms with Gasteiger partial charge in [-0.1, -0.05) is 48.0 Å². The minimum absolute atomic E-state index is 0.0969. The molecule has 0 aliphatic rings. The van der Waals surface area contributed by atoms with Gasteiger partial charge in [0.05, 0.1) is 0 Å². The van der Waals surface area contributed by atoms with Gasteiger partial charge < -0.3 is 10.2 Å².